The second-order valence-corrected chi connectivity index (χ2v) is 3.65. The van der Waals surface area contributed by atoms with Gasteiger partial charge in [0.15, 0.2) is 0 Å². The molecule has 0 fully saturated rings. The van der Waals surface area contributed by atoms with Gasteiger partial charge in [-0.2, -0.15) is 13.2 Å². The highest BCUT2D eigenvalue weighted by Crippen LogP contribution is 2.38. The molecule has 1 rings (SSSR count). The average Bonchev–Trinajstić information content (AvgIpc) is 2.18. The van der Waals surface area contributed by atoms with Gasteiger partial charge in [0.05, 0.1) is 5.92 Å². The van der Waals surface area contributed by atoms with E-state index in [2.05, 4.69) is 0 Å². The molecule has 0 aliphatic rings. The van der Waals surface area contributed by atoms with Gasteiger partial charge in [-0.3, -0.25) is 0 Å². The first kappa shape index (κ1) is 12.1. The SMILES string of the molecule is CCCCC(c1ccccc1)C(F)(F)F. The van der Waals surface area contributed by atoms with E-state index >= 15 is 0 Å². The Morgan fingerprint density at radius 3 is 2.20 bits per heavy atom. The van der Waals surface area contributed by atoms with Gasteiger partial charge in [0.2, 0.25) is 0 Å². The first-order valence-electron chi connectivity index (χ1n) is 5.17. The van der Waals surface area contributed by atoms with E-state index in [1.807, 2.05) is 6.92 Å². The van der Waals surface area contributed by atoms with Crippen molar-refractivity contribution in [1.29, 1.82) is 0 Å². The van der Waals surface area contributed by atoms with Crippen LogP contribution >= 0.6 is 0 Å². The van der Waals surface area contributed by atoms with Crippen molar-refractivity contribution >= 4 is 0 Å². The Hall–Kier alpha value is -0.990. The zero-order valence-corrected chi connectivity index (χ0v) is 8.72. The largest absolute Gasteiger partial charge is 0.395 e. The lowest BCUT2D eigenvalue weighted by atomic mass is 9.93. The minimum atomic E-state index is -4.13. The number of unbranched alkanes of at least 4 members (excludes halogenated alkanes) is 1. The zero-order valence-electron chi connectivity index (χ0n) is 8.72. The van der Waals surface area contributed by atoms with Crippen molar-refractivity contribution in [2.45, 2.75) is 38.3 Å². The Morgan fingerprint density at radius 2 is 1.73 bits per heavy atom. The Bertz CT molecular complexity index is 277. The number of rotatable bonds is 4. The Balaban J connectivity index is 2.82. The number of benzene rings is 1. The van der Waals surface area contributed by atoms with Crippen LogP contribution < -0.4 is 0 Å². The molecule has 1 atom stereocenters. The van der Waals surface area contributed by atoms with Crippen LogP contribution in [-0.2, 0) is 0 Å². The van der Waals surface area contributed by atoms with E-state index in [4.69, 9.17) is 0 Å². The maximum absolute atomic E-state index is 12.7. The van der Waals surface area contributed by atoms with Crippen LogP contribution in [0.4, 0.5) is 13.2 Å². The second-order valence-electron chi connectivity index (χ2n) is 3.65. The van der Waals surface area contributed by atoms with Gasteiger partial charge >= 0.3 is 6.18 Å². The normalized spacial score (nSPS) is 13.9. The van der Waals surface area contributed by atoms with Gasteiger partial charge < -0.3 is 0 Å². The molecule has 0 bridgehead atoms. The quantitative estimate of drug-likeness (QED) is 0.694. The molecule has 84 valence electrons. The van der Waals surface area contributed by atoms with E-state index in [-0.39, 0.29) is 6.42 Å². The predicted octanol–water partition coefficient (Wildman–Crippen LogP) is 4.52. The fourth-order valence-corrected chi connectivity index (χ4v) is 1.61. The van der Waals surface area contributed by atoms with E-state index < -0.39 is 12.1 Å². The van der Waals surface area contributed by atoms with Crippen molar-refractivity contribution in [2.24, 2.45) is 0 Å². The molecule has 1 aromatic carbocycles. The summed E-state index contributed by atoms with van der Waals surface area (Å²) in [7, 11) is 0. The summed E-state index contributed by atoms with van der Waals surface area (Å²) in [5, 5.41) is 0. The molecule has 1 aromatic rings. The van der Waals surface area contributed by atoms with Crippen LogP contribution in [0.5, 0.6) is 0 Å². The van der Waals surface area contributed by atoms with Crippen LogP contribution in [-0.4, -0.2) is 6.18 Å². The molecular formula is C12H15F3. The third kappa shape index (κ3) is 3.57. The topological polar surface area (TPSA) is 0 Å². The molecule has 0 N–H and O–H groups in total. The highest BCUT2D eigenvalue weighted by molar-refractivity contribution is 5.20. The van der Waals surface area contributed by atoms with Crippen LogP contribution in [0.25, 0.3) is 0 Å². The highest BCUT2D eigenvalue weighted by atomic mass is 19.4. The minimum absolute atomic E-state index is 0.185. The summed E-state index contributed by atoms with van der Waals surface area (Å²) in [6, 6.07) is 8.14. The fraction of sp³-hybridized carbons (Fsp3) is 0.500. The van der Waals surface area contributed by atoms with Gasteiger partial charge in [0, 0.05) is 0 Å². The zero-order chi connectivity index (χ0) is 11.3. The molecule has 1 unspecified atom stereocenters. The molecule has 0 nitrogen and oxygen atoms in total. The van der Waals surface area contributed by atoms with Gasteiger partial charge in [-0.25, -0.2) is 0 Å². The first-order chi connectivity index (χ1) is 7.05. The number of halogens is 3. The van der Waals surface area contributed by atoms with Crippen molar-refractivity contribution in [2.75, 3.05) is 0 Å². The van der Waals surface area contributed by atoms with Crippen LogP contribution in [0.2, 0.25) is 0 Å². The molecule has 0 saturated carbocycles. The van der Waals surface area contributed by atoms with Crippen molar-refractivity contribution in [1.82, 2.24) is 0 Å². The van der Waals surface area contributed by atoms with E-state index in [9.17, 15) is 13.2 Å². The van der Waals surface area contributed by atoms with Gasteiger partial charge in [0.25, 0.3) is 0 Å². The van der Waals surface area contributed by atoms with Crippen LogP contribution in [0.1, 0.15) is 37.7 Å². The first-order valence-corrected chi connectivity index (χ1v) is 5.17. The summed E-state index contributed by atoms with van der Waals surface area (Å²) in [6.07, 6.45) is -2.54. The average molecular weight is 216 g/mol. The van der Waals surface area contributed by atoms with Crippen molar-refractivity contribution in [3.05, 3.63) is 35.9 Å². The third-order valence-electron chi connectivity index (χ3n) is 2.44. The lowest BCUT2D eigenvalue weighted by Crippen LogP contribution is -2.20. The van der Waals surface area contributed by atoms with Gasteiger partial charge in [0.1, 0.15) is 0 Å². The molecule has 0 aliphatic carbocycles. The standard InChI is InChI=1S/C12H15F3/c1-2-3-9-11(12(13,14)15)10-7-5-4-6-8-10/h4-8,11H,2-3,9H2,1H3. The lowest BCUT2D eigenvalue weighted by molar-refractivity contribution is -0.152. The second kappa shape index (κ2) is 5.19. The van der Waals surface area contributed by atoms with Crippen molar-refractivity contribution in [3.8, 4) is 0 Å². The van der Waals surface area contributed by atoms with Gasteiger partial charge in [-0.15, -0.1) is 0 Å². The van der Waals surface area contributed by atoms with Crippen molar-refractivity contribution in [3.63, 3.8) is 0 Å². The monoisotopic (exact) mass is 216 g/mol. The van der Waals surface area contributed by atoms with E-state index in [1.165, 1.54) is 0 Å². The lowest BCUT2D eigenvalue weighted by Gasteiger charge is -2.20. The summed E-state index contributed by atoms with van der Waals surface area (Å²) >= 11 is 0. The Kier molecular flexibility index (Phi) is 4.18. The molecule has 0 radical (unpaired) electrons. The maximum Gasteiger partial charge on any atom is 0.395 e. The van der Waals surface area contributed by atoms with E-state index in [0.29, 0.717) is 12.0 Å². The summed E-state index contributed by atoms with van der Waals surface area (Å²) in [5.74, 6) is -1.31. The molecule has 3 heteroatoms. The van der Waals surface area contributed by atoms with Crippen LogP contribution in [0, 0.1) is 0 Å². The predicted molar refractivity (Wildman–Crippen MR) is 54.8 cm³/mol. The van der Waals surface area contributed by atoms with Gasteiger partial charge in [-0.05, 0) is 12.0 Å². The summed E-state index contributed by atoms with van der Waals surface area (Å²) in [5.41, 5.74) is 0.374. The van der Waals surface area contributed by atoms with E-state index in [0.717, 1.165) is 6.42 Å². The Labute approximate surface area is 88.1 Å². The van der Waals surface area contributed by atoms with Gasteiger partial charge in [-0.1, -0.05) is 50.1 Å². The summed E-state index contributed by atoms with van der Waals surface area (Å²) in [4.78, 5) is 0. The maximum atomic E-state index is 12.7. The summed E-state index contributed by atoms with van der Waals surface area (Å²) < 4.78 is 38.2. The summed E-state index contributed by atoms with van der Waals surface area (Å²) in [6.45, 7) is 1.90. The fourth-order valence-electron chi connectivity index (χ4n) is 1.61. The number of hydrogen-bond acceptors (Lipinski definition) is 0. The third-order valence-corrected chi connectivity index (χ3v) is 2.44. The molecule has 0 amide bonds. The Morgan fingerprint density at radius 1 is 1.13 bits per heavy atom. The molecule has 15 heavy (non-hydrogen) atoms. The van der Waals surface area contributed by atoms with Crippen LogP contribution in [0.3, 0.4) is 0 Å². The highest BCUT2D eigenvalue weighted by Gasteiger charge is 2.39. The number of hydrogen-bond donors (Lipinski definition) is 0. The molecule has 0 spiro atoms. The molecule has 0 heterocycles. The molecule has 0 aliphatic heterocycles. The smallest absolute Gasteiger partial charge is 0.170 e. The van der Waals surface area contributed by atoms with Crippen LogP contribution in [0.15, 0.2) is 30.3 Å². The number of alkyl halides is 3. The molecular weight excluding hydrogens is 201 g/mol. The molecule has 0 aromatic heterocycles. The molecule has 0 saturated heterocycles. The van der Waals surface area contributed by atoms with Crippen molar-refractivity contribution < 1.29 is 13.2 Å². The van der Waals surface area contributed by atoms with E-state index in [1.54, 1.807) is 30.3 Å². The minimum Gasteiger partial charge on any atom is -0.170 e.